The van der Waals surface area contributed by atoms with Crippen LogP contribution in [0.25, 0.3) is 0 Å². The van der Waals surface area contributed by atoms with Crippen LogP contribution in [0.4, 0.5) is 0 Å². The lowest BCUT2D eigenvalue weighted by Gasteiger charge is -2.18. The van der Waals surface area contributed by atoms with E-state index in [4.69, 9.17) is 4.74 Å². The molecule has 0 aliphatic heterocycles. The van der Waals surface area contributed by atoms with E-state index in [-0.39, 0.29) is 18.4 Å². The lowest BCUT2D eigenvalue weighted by atomic mass is 10.2. The van der Waals surface area contributed by atoms with Crippen LogP contribution < -0.4 is 4.74 Å². The molecule has 0 aliphatic rings. The predicted molar refractivity (Wildman–Crippen MR) is 59.9 cm³/mol. The fourth-order valence-electron chi connectivity index (χ4n) is 1.45. The summed E-state index contributed by atoms with van der Waals surface area (Å²) in [5, 5.41) is 0. The van der Waals surface area contributed by atoms with Crippen LogP contribution in [0.2, 0.25) is 0 Å². The molecule has 0 aliphatic carbocycles. The Bertz CT molecular complexity index is 387. The molecule has 0 saturated carbocycles. The molecule has 16 heavy (non-hydrogen) atoms. The maximum absolute atomic E-state index is 11.3. The van der Waals surface area contributed by atoms with Gasteiger partial charge in [-0.25, -0.2) is 0 Å². The molecule has 1 aromatic carbocycles. The molecule has 0 heterocycles. The van der Waals surface area contributed by atoms with Crippen LogP contribution in [-0.4, -0.2) is 23.8 Å². The quantitative estimate of drug-likeness (QED) is 0.778. The van der Waals surface area contributed by atoms with E-state index in [2.05, 4.69) is 0 Å². The van der Waals surface area contributed by atoms with Gasteiger partial charge in [-0.3, -0.25) is 14.5 Å². The summed E-state index contributed by atoms with van der Waals surface area (Å²) in [5.74, 6) is 0.145. The van der Waals surface area contributed by atoms with Crippen LogP contribution in [0.3, 0.4) is 0 Å². The summed E-state index contributed by atoms with van der Waals surface area (Å²) in [6.45, 7) is 2.99. The molecule has 0 spiro atoms. The zero-order valence-corrected chi connectivity index (χ0v) is 9.69. The van der Waals surface area contributed by atoms with Crippen molar-refractivity contribution in [1.29, 1.82) is 0 Å². The number of rotatable bonds is 3. The Morgan fingerprint density at radius 1 is 1.19 bits per heavy atom. The third-order valence-electron chi connectivity index (χ3n) is 2.28. The first-order valence-corrected chi connectivity index (χ1v) is 4.96. The third kappa shape index (κ3) is 2.82. The van der Waals surface area contributed by atoms with Crippen molar-refractivity contribution in [3.05, 3.63) is 29.8 Å². The fourth-order valence-corrected chi connectivity index (χ4v) is 1.45. The normalized spacial score (nSPS) is 9.69. The molecule has 4 nitrogen and oxygen atoms in total. The molecule has 0 unspecified atom stereocenters. The van der Waals surface area contributed by atoms with Gasteiger partial charge in [0.15, 0.2) is 0 Å². The average molecular weight is 221 g/mol. The highest BCUT2D eigenvalue weighted by molar-refractivity contribution is 5.92. The van der Waals surface area contributed by atoms with E-state index >= 15 is 0 Å². The first kappa shape index (κ1) is 12.2. The van der Waals surface area contributed by atoms with Gasteiger partial charge in [0.1, 0.15) is 5.75 Å². The molecule has 0 N–H and O–H groups in total. The number of para-hydroxylation sites is 1. The van der Waals surface area contributed by atoms with Crippen LogP contribution in [-0.2, 0) is 16.1 Å². The molecule has 1 rings (SSSR count). The van der Waals surface area contributed by atoms with Crippen molar-refractivity contribution in [1.82, 2.24) is 4.90 Å². The summed E-state index contributed by atoms with van der Waals surface area (Å²) in [7, 11) is 1.56. The first-order valence-electron chi connectivity index (χ1n) is 4.96. The highest BCUT2D eigenvalue weighted by atomic mass is 16.5. The van der Waals surface area contributed by atoms with Gasteiger partial charge in [0.05, 0.1) is 13.7 Å². The Morgan fingerprint density at radius 3 is 2.25 bits per heavy atom. The van der Waals surface area contributed by atoms with Crippen molar-refractivity contribution < 1.29 is 14.3 Å². The van der Waals surface area contributed by atoms with Crippen molar-refractivity contribution in [3.63, 3.8) is 0 Å². The monoisotopic (exact) mass is 221 g/mol. The number of amides is 2. The summed E-state index contributed by atoms with van der Waals surface area (Å²) in [5.41, 5.74) is 0.815. The minimum atomic E-state index is -0.265. The Kier molecular flexibility index (Phi) is 4.05. The number of ether oxygens (including phenoxy) is 1. The Labute approximate surface area is 94.8 Å². The highest BCUT2D eigenvalue weighted by Crippen LogP contribution is 2.19. The van der Waals surface area contributed by atoms with Crippen LogP contribution in [0.1, 0.15) is 19.4 Å². The number of benzene rings is 1. The number of hydrogen-bond acceptors (Lipinski definition) is 3. The first-order chi connectivity index (χ1) is 7.56. The minimum Gasteiger partial charge on any atom is -0.496 e. The van der Waals surface area contributed by atoms with Crippen molar-refractivity contribution in [2.45, 2.75) is 20.4 Å². The van der Waals surface area contributed by atoms with E-state index in [0.717, 1.165) is 5.56 Å². The Balaban J connectivity index is 2.93. The smallest absolute Gasteiger partial charge is 0.226 e. The second-order valence-electron chi connectivity index (χ2n) is 3.44. The molecular formula is C12H15NO3. The highest BCUT2D eigenvalue weighted by Gasteiger charge is 2.15. The summed E-state index contributed by atoms with van der Waals surface area (Å²) in [6.07, 6.45) is 0. The predicted octanol–water partition coefficient (Wildman–Crippen LogP) is 1.59. The van der Waals surface area contributed by atoms with Crippen molar-refractivity contribution in [2.24, 2.45) is 0 Å². The maximum Gasteiger partial charge on any atom is 0.226 e. The number of nitrogens with zero attached hydrogens (tertiary/aromatic N) is 1. The fraction of sp³-hybridized carbons (Fsp3) is 0.333. The van der Waals surface area contributed by atoms with E-state index in [1.54, 1.807) is 13.2 Å². The lowest BCUT2D eigenvalue weighted by molar-refractivity contribution is -0.142. The van der Waals surface area contributed by atoms with E-state index in [0.29, 0.717) is 5.75 Å². The van der Waals surface area contributed by atoms with Crippen LogP contribution in [0.15, 0.2) is 24.3 Å². The number of carbonyl (C=O) groups excluding carboxylic acids is 2. The molecule has 86 valence electrons. The lowest BCUT2D eigenvalue weighted by Crippen LogP contribution is -2.32. The van der Waals surface area contributed by atoms with Gasteiger partial charge in [-0.05, 0) is 6.07 Å². The molecule has 2 amide bonds. The minimum absolute atomic E-state index is 0.245. The SMILES string of the molecule is COc1ccccc1CN(C(C)=O)C(C)=O. The van der Waals surface area contributed by atoms with Crippen LogP contribution in [0.5, 0.6) is 5.75 Å². The molecular weight excluding hydrogens is 206 g/mol. The van der Waals surface area contributed by atoms with Gasteiger partial charge >= 0.3 is 0 Å². The summed E-state index contributed by atoms with van der Waals surface area (Å²) < 4.78 is 5.16. The third-order valence-corrected chi connectivity index (χ3v) is 2.28. The van der Waals surface area contributed by atoms with Gasteiger partial charge in [-0.2, -0.15) is 0 Å². The molecule has 0 atom stereocenters. The van der Waals surface area contributed by atoms with Crippen LogP contribution in [0, 0.1) is 0 Å². The van der Waals surface area contributed by atoms with Gasteiger partial charge in [0.25, 0.3) is 0 Å². The largest absolute Gasteiger partial charge is 0.496 e. The van der Waals surface area contributed by atoms with Crippen molar-refractivity contribution in [3.8, 4) is 5.75 Å². The number of imide groups is 1. The standard InChI is InChI=1S/C12H15NO3/c1-9(14)13(10(2)15)8-11-6-4-5-7-12(11)16-3/h4-7H,8H2,1-3H3. The topological polar surface area (TPSA) is 46.6 Å². The van der Waals surface area contributed by atoms with E-state index in [1.165, 1.54) is 18.7 Å². The van der Waals surface area contributed by atoms with Gasteiger partial charge in [-0.15, -0.1) is 0 Å². The molecule has 0 fully saturated rings. The molecule has 1 aromatic rings. The van der Waals surface area contributed by atoms with E-state index in [9.17, 15) is 9.59 Å². The Hall–Kier alpha value is -1.84. The van der Waals surface area contributed by atoms with E-state index in [1.807, 2.05) is 18.2 Å². The van der Waals surface area contributed by atoms with Gasteiger partial charge < -0.3 is 4.74 Å². The molecule has 0 radical (unpaired) electrons. The van der Waals surface area contributed by atoms with Crippen molar-refractivity contribution >= 4 is 11.8 Å². The summed E-state index contributed by atoms with van der Waals surface area (Å²) in [6, 6.07) is 7.32. The number of carbonyl (C=O) groups is 2. The maximum atomic E-state index is 11.3. The molecule has 0 bridgehead atoms. The van der Waals surface area contributed by atoms with Crippen molar-refractivity contribution in [2.75, 3.05) is 7.11 Å². The number of methoxy groups -OCH3 is 1. The van der Waals surface area contributed by atoms with E-state index < -0.39 is 0 Å². The average Bonchev–Trinajstić information content (AvgIpc) is 2.25. The van der Waals surface area contributed by atoms with Gasteiger partial charge in [0.2, 0.25) is 11.8 Å². The Morgan fingerprint density at radius 2 is 1.75 bits per heavy atom. The molecule has 0 aromatic heterocycles. The summed E-state index contributed by atoms with van der Waals surface area (Å²) in [4.78, 5) is 23.7. The second-order valence-corrected chi connectivity index (χ2v) is 3.44. The molecule has 4 heteroatoms. The number of hydrogen-bond donors (Lipinski definition) is 0. The van der Waals surface area contributed by atoms with Crippen LogP contribution >= 0.6 is 0 Å². The zero-order valence-electron chi connectivity index (χ0n) is 9.69. The van der Waals surface area contributed by atoms with Gasteiger partial charge in [-0.1, -0.05) is 18.2 Å². The second kappa shape index (κ2) is 5.30. The van der Waals surface area contributed by atoms with Gasteiger partial charge in [0, 0.05) is 19.4 Å². The summed E-state index contributed by atoms with van der Waals surface area (Å²) >= 11 is 0. The zero-order chi connectivity index (χ0) is 12.1. The molecule has 0 saturated heterocycles.